The number of hydrogen-bond donors (Lipinski definition) is 2. The van der Waals surface area contributed by atoms with Gasteiger partial charge in [-0.15, -0.1) is 0 Å². The first-order valence-electron chi connectivity index (χ1n) is 20.3. The molecule has 3 saturated heterocycles. The van der Waals surface area contributed by atoms with Crippen molar-refractivity contribution >= 4 is 51.6 Å². The lowest BCUT2D eigenvalue weighted by Crippen LogP contribution is -2.45. The van der Waals surface area contributed by atoms with E-state index in [9.17, 15) is 28.0 Å². The number of anilines is 3. The Morgan fingerprint density at radius 1 is 1.00 bits per heavy atom. The van der Waals surface area contributed by atoms with E-state index in [1.54, 1.807) is 22.5 Å². The quantitative estimate of drug-likeness (QED) is 0.195. The van der Waals surface area contributed by atoms with Crippen LogP contribution in [0.1, 0.15) is 92.3 Å². The first-order valence-corrected chi connectivity index (χ1v) is 20.3. The van der Waals surface area contributed by atoms with Crippen molar-refractivity contribution in [1.82, 2.24) is 43.7 Å². The third-order valence-electron chi connectivity index (χ3n) is 12.8. The smallest absolute Gasteiger partial charge is 0.329 e. The number of nitrogens with zero attached hydrogens (tertiary/aromatic N) is 10. The minimum Gasteiger partial charge on any atom is -0.370 e. The Morgan fingerprint density at radius 3 is 2.48 bits per heavy atom. The van der Waals surface area contributed by atoms with Gasteiger partial charge in [-0.25, -0.2) is 23.1 Å². The van der Waals surface area contributed by atoms with Gasteiger partial charge in [-0.3, -0.25) is 33.5 Å². The lowest BCUT2D eigenvalue weighted by molar-refractivity contribution is -0.135. The Balaban J connectivity index is 0.802. The van der Waals surface area contributed by atoms with Crippen molar-refractivity contribution < 1.29 is 23.2 Å². The molecule has 0 spiro atoms. The molecule has 4 fully saturated rings. The maximum absolute atomic E-state index is 14.2. The SMILES string of the molecule is CN(CC1CCC(n2cc(NC(=O)c3cnn4ccc(N5CCC5)nc34)c(C(F)F)n2)CC1)C1CCN(c2cccc3c2n(C)c(=O)n3C2CCC(=O)NC2=O)CC1. The Labute approximate surface area is 332 Å². The summed E-state index contributed by atoms with van der Waals surface area (Å²) in [5.74, 6) is -0.107. The average molecular weight is 799 g/mol. The molecule has 1 atom stereocenters. The molecule has 2 N–H and O–H groups in total. The number of nitrogens with one attached hydrogen (secondary N) is 2. The van der Waals surface area contributed by atoms with Crippen LogP contribution in [-0.2, 0) is 16.6 Å². The van der Waals surface area contributed by atoms with E-state index in [1.807, 2.05) is 24.3 Å². The number of benzene rings is 1. The van der Waals surface area contributed by atoms with Gasteiger partial charge in [-0.05, 0) is 82.5 Å². The summed E-state index contributed by atoms with van der Waals surface area (Å²) in [5, 5.41) is 13.6. The van der Waals surface area contributed by atoms with E-state index >= 15 is 0 Å². The van der Waals surface area contributed by atoms with Crippen molar-refractivity contribution in [2.24, 2.45) is 13.0 Å². The molecule has 58 heavy (non-hydrogen) atoms. The van der Waals surface area contributed by atoms with E-state index in [2.05, 4.69) is 47.6 Å². The van der Waals surface area contributed by atoms with Gasteiger partial charge in [0.2, 0.25) is 11.8 Å². The number of aromatic nitrogens is 7. The predicted octanol–water partition coefficient (Wildman–Crippen LogP) is 4.29. The van der Waals surface area contributed by atoms with Crippen molar-refractivity contribution in [2.45, 2.75) is 82.3 Å². The number of carbonyl (C=O) groups excluding carboxylic acids is 3. The molecule has 18 heteroatoms. The number of carbonyl (C=O) groups is 3. The number of alkyl halides is 2. The number of amides is 3. The van der Waals surface area contributed by atoms with Gasteiger partial charge in [0.25, 0.3) is 12.3 Å². The van der Waals surface area contributed by atoms with Gasteiger partial charge in [0.15, 0.2) is 11.3 Å². The fraction of sp³-hybridized carbons (Fsp3) is 0.525. The maximum atomic E-state index is 14.2. The van der Waals surface area contributed by atoms with Crippen molar-refractivity contribution in [1.29, 1.82) is 0 Å². The first-order chi connectivity index (χ1) is 28.0. The van der Waals surface area contributed by atoms with Crippen molar-refractivity contribution in [3.05, 3.63) is 64.6 Å². The molecule has 4 aromatic heterocycles. The second-order valence-electron chi connectivity index (χ2n) is 16.3. The lowest BCUT2D eigenvalue weighted by atomic mass is 9.85. The van der Waals surface area contributed by atoms with Gasteiger partial charge >= 0.3 is 5.69 Å². The van der Waals surface area contributed by atoms with Crippen LogP contribution in [0, 0.1) is 5.92 Å². The standard InChI is InChI=1S/C40H48F2N12O4/c1-48(25-13-18-50(19-14-25)29-5-3-6-30-35(29)49(2)40(58)54(30)31-11-12-33(55)46-39(31)57)22-24-7-9-26(10-8-24)53-23-28(34(47-53)36(41)42)44-38(56)27-21-43-52-20-15-32(45-37(27)52)51-16-4-17-51/h3,5-6,15,20-21,23-26,31,36H,4,7-14,16-19,22H2,1-2H3,(H,44,56)(H,46,55,57). The lowest BCUT2D eigenvalue weighted by Gasteiger charge is -2.40. The van der Waals surface area contributed by atoms with Crippen LogP contribution >= 0.6 is 0 Å². The van der Waals surface area contributed by atoms with Crippen LogP contribution in [-0.4, -0.2) is 102 Å². The van der Waals surface area contributed by atoms with E-state index in [0.717, 1.165) is 94.7 Å². The molecule has 1 aromatic carbocycles. The van der Waals surface area contributed by atoms with Crippen LogP contribution in [0.4, 0.5) is 26.0 Å². The topological polar surface area (TPSA) is 160 Å². The highest BCUT2D eigenvalue weighted by Crippen LogP contribution is 2.37. The highest BCUT2D eigenvalue weighted by molar-refractivity contribution is 6.08. The highest BCUT2D eigenvalue weighted by Gasteiger charge is 2.34. The molecule has 306 valence electrons. The van der Waals surface area contributed by atoms with Crippen LogP contribution in [0.3, 0.4) is 0 Å². The van der Waals surface area contributed by atoms with Crippen molar-refractivity contribution in [2.75, 3.05) is 54.9 Å². The summed E-state index contributed by atoms with van der Waals surface area (Å²) in [7, 11) is 3.91. The Morgan fingerprint density at radius 2 is 1.78 bits per heavy atom. The van der Waals surface area contributed by atoms with Crippen LogP contribution in [0.25, 0.3) is 16.7 Å². The van der Waals surface area contributed by atoms with Crippen molar-refractivity contribution in [3.63, 3.8) is 0 Å². The summed E-state index contributed by atoms with van der Waals surface area (Å²) < 4.78 is 34.7. The zero-order valence-corrected chi connectivity index (χ0v) is 32.7. The molecule has 1 aliphatic carbocycles. The first kappa shape index (κ1) is 37.9. The van der Waals surface area contributed by atoms with Gasteiger partial charge < -0.3 is 20.0 Å². The number of piperidine rings is 2. The van der Waals surface area contributed by atoms with Gasteiger partial charge in [0.1, 0.15) is 17.4 Å². The zero-order chi connectivity index (χ0) is 40.2. The molecule has 16 nitrogen and oxygen atoms in total. The summed E-state index contributed by atoms with van der Waals surface area (Å²) in [6, 6.07) is 7.28. The largest absolute Gasteiger partial charge is 0.370 e. The molecule has 3 amide bonds. The molecule has 3 aliphatic heterocycles. The fourth-order valence-corrected chi connectivity index (χ4v) is 9.38. The Bertz CT molecular complexity index is 2430. The van der Waals surface area contributed by atoms with Crippen LogP contribution in [0.2, 0.25) is 0 Å². The average Bonchev–Trinajstić information content (AvgIpc) is 3.89. The monoisotopic (exact) mass is 798 g/mol. The number of rotatable bonds is 10. The van der Waals surface area contributed by atoms with E-state index in [1.165, 1.54) is 21.5 Å². The van der Waals surface area contributed by atoms with E-state index < -0.39 is 30.0 Å². The van der Waals surface area contributed by atoms with Gasteiger partial charge in [0, 0.05) is 64.6 Å². The zero-order valence-electron chi connectivity index (χ0n) is 32.7. The molecule has 5 aromatic rings. The van der Waals surface area contributed by atoms with Crippen molar-refractivity contribution in [3.8, 4) is 0 Å². The fourth-order valence-electron chi connectivity index (χ4n) is 9.38. The number of imide groups is 1. The predicted molar refractivity (Wildman–Crippen MR) is 212 cm³/mol. The number of para-hydroxylation sites is 1. The molecule has 4 aliphatic rings. The summed E-state index contributed by atoms with van der Waals surface area (Å²) in [6.07, 6.45) is 8.78. The Hall–Kier alpha value is -5.65. The highest BCUT2D eigenvalue weighted by atomic mass is 19.3. The molecule has 9 rings (SSSR count). The van der Waals surface area contributed by atoms with Crippen LogP contribution in [0.5, 0.6) is 0 Å². The third kappa shape index (κ3) is 6.90. The summed E-state index contributed by atoms with van der Waals surface area (Å²) in [5.41, 5.74) is 2.28. The van der Waals surface area contributed by atoms with Gasteiger partial charge in [-0.1, -0.05) is 6.07 Å². The summed E-state index contributed by atoms with van der Waals surface area (Å²) >= 11 is 0. The second-order valence-corrected chi connectivity index (χ2v) is 16.3. The number of aryl methyl sites for hydroxylation is 1. The molecular weight excluding hydrogens is 751 g/mol. The third-order valence-corrected chi connectivity index (χ3v) is 12.8. The van der Waals surface area contributed by atoms with Gasteiger partial charge in [0.05, 0.1) is 34.6 Å². The molecule has 0 radical (unpaired) electrons. The molecule has 0 bridgehead atoms. The summed E-state index contributed by atoms with van der Waals surface area (Å²) in [6.45, 7) is 4.36. The molecule has 1 unspecified atom stereocenters. The Kier molecular flexibility index (Phi) is 9.97. The molecule has 7 heterocycles. The number of imidazole rings is 1. The van der Waals surface area contributed by atoms with E-state index in [0.29, 0.717) is 29.5 Å². The van der Waals surface area contributed by atoms with E-state index in [4.69, 9.17) is 0 Å². The maximum Gasteiger partial charge on any atom is 0.329 e. The minimum absolute atomic E-state index is 0.00297. The minimum atomic E-state index is -2.85. The molecular formula is C40H48F2N12O4. The molecule has 1 saturated carbocycles. The summed E-state index contributed by atoms with van der Waals surface area (Å²) in [4.78, 5) is 62.8. The van der Waals surface area contributed by atoms with E-state index in [-0.39, 0.29) is 35.3 Å². The number of fused-ring (bicyclic) bond motifs is 2. The van der Waals surface area contributed by atoms with Crippen LogP contribution in [0.15, 0.2) is 47.7 Å². The second kappa shape index (κ2) is 15.3. The van der Waals surface area contributed by atoms with Crippen LogP contribution < -0.4 is 26.1 Å². The number of hydrogen-bond acceptors (Lipinski definition) is 10. The number of halogens is 2. The normalized spacial score (nSPS) is 22.0. The van der Waals surface area contributed by atoms with Gasteiger partial charge in [-0.2, -0.15) is 10.2 Å².